The molecule has 0 aliphatic rings. The number of carbonyl (C=O) groups is 2. The quantitative estimate of drug-likeness (QED) is 0.0378. The highest BCUT2D eigenvalue weighted by Crippen LogP contribution is 2.17. The minimum absolute atomic E-state index is 0.0593. The van der Waals surface area contributed by atoms with Crippen LogP contribution in [0.15, 0.2) is 12.2 Å². The molecular formula is C51H98O5. The van der Waals surface area contributed by atoms with Crippen LogP contribution in [0.5, 0.6) is 0 Å². The molecule has 0 saturated carbocycles. The molecule has 0 aliphatic carbocycles. The third-order valence-electron chi connectivity index (χ3n) is 11.6. The largest absolute Gasteiger partial charge is 0.462 e. The Morgan fingerprint density at radius 3 is 0.964 bits per heavy atom. The van der Waals surface area contributed by atoms with Crippen LogP contribution in [0.25, 0.3) is 0 Å². The second kappa shape index (κ2) is 48.0. The number of aliphatic hydroxyl groups is 1. The van der Waals surface area contributed by atoms with Gasteiger partial charge in [-0.2, -0.15) is 0 Å². The molecule has 0 fully saturated rings. The monoisotopic (exact) mass is 791 g/mol. The van der Waals surface area contributed by atoms with Crippen molar-refractivity contribution in [3.8, 4) is 0 Å². The molecule has 1 N–H and O–H groups in total. The van der Waals surface area contributed by atoms with Gasteiger partial charge in [0.15, 0.2) is 6.10 Å². The number of hydrogen-bond acceptors (Lipinski definition) is 5. The lowest BCUT2D eigenvalue weighted by Crippen LogP contribution is -2.28. The third kappa shape index (κ3) is 45.3. The fraction of sp³-hybridized carbons (Fsp3) is 0.922. The summed E-state index contributed by atoms with van der Waals surface area (Å²) in [5.41, 5.74) is 0. The first kappa shape index (κ1) is 54.6. The van der Waals surface area contributed by atoms with Crippen molar-refractivity contribution in [2.24, 2.45) is 0 Å². The van der Waals surface area contributed by atoms with Crippen molar-refractivity contribution in [2.45, 2.75) is 290 Å². The molecule has 0 heterocycles. The zero-order chi connectivity index (χ0) is 40.7. The fourth-order valence-corrected chi connectivity index (χ4v) is 7.73. The van der Waals surface area contributed by atoms with E-state index in [4.69, 9.17) is 9.47 Å². The van der Waals surface area contributed by atoms with Gasteiger partial charge in [0.25, 0.3) is 0 Å². The summed E-state index contributed by atoms with van der Waals surface area (Å²) in [7, 11) is 0. The van der Waals surface area contributed by atoms with Gasteiger partial charge in [0.2, 0.25) is 0 Å². The van der Waals surface area contributed by atoms with E-state index in [0.29, 0.717) is 12.8 Å². The lowest BCUT2D eigenvalue weighted by atomic mass is 10.0. The minimum atomic E-state index is -0.762. The Hall–Kier alpha value is -1.36. The average molecular weight is 791 g/mol. The van der Waals surface area contributed by atoms with E-state index in [-0.39, 0.29) is 25.2 Å². The van der Waals surface area contributed by atoms with Crippen LogP contribution in [0.3, 0.4) is 0 Å². The molecule has 0 amide bonds. The highest BCUT2D eigenvalue weighted by molar-refractivity contribution is 5.70. The fourth-order valence-electron chi connectivity index (χ4n) is 7.73. The van der Waals surface area contributed by atoms with Crippen molar-refractivity contribution in [1.29, 1.82) is 0 Å². The second-order valence-corrected chi connectivity index (χ2v) is 17.3. The molecule has 0 saturated heterocycles. The topological polar surface area (TPSA) is 72.8 Å². The first-order valence-electron chi connectivity index (χ1n) is 25.2. The normalized spacial score (nSPS) is 12.1. The maximum absolute atomic E-state index is 12.2. The van der Waals surface area contributed by atoms with E-state index >= 15 is 0 Å². The molecule has 0 spiro atoms. The second-order valence-electron chi connectivity index (χ2n) is 17.3. The molecule has 5 nitrogen and oxygen atoms in total. The number of unbranched alkanes of at least 4 members (excludes halogenated alkanes) is 37. The van der Waals surface area contributed by atoms with Gasteiger partial charge in [-0.25, -0.2) is 0 Å². The van der Waals surface area contributed by atoms with E-state index in [1.807, 2.05) is 0 Å². The van der Waals surface area contributed by atoms with Gasteiger partial charge < -0.3 is 14.6 Å². The Labute approximate surface area is 350 Å². The summed E-state index contributed by atoms with van der Waals surface area (Å²) in [5, 5.41) is 9.53. The maximum Gasteiger partial charge on any atom is 0.306 e. The molecule has 332 valence electrons. The average Bonchev–Trinajstić information content (AvgIpc) is 3.20. The van der Waals surface area contributed by atoms with Crippen molar-refractivity contribution in [2.75, 3.05) is 13.2 Å². The summed E-state index contributed by atoms with van der Waals surface area (Å²) in [6, 6.07) is 0. The van der Waals surface area contributed by atoms with Crippen molar-refractivity contribution in [3.05, 3.63) is 12.2 Å². The summed E-state index contributed by atoms with van der Waals surface area (Å²) in [5.74, 6) is -0.583. The van der Waals surface area contributed by atoms with Gasteiger partial charge in [-0.15, -0.1) is 0 Å². The molecule has 1 unspecified atom stereocenters. The van der Waals surface area contributed by atoms with Crippen molar-refractivity contribution >= 4 is 11.9 Å². The zero-order valence-electron chi connectivity index (χ0n) is 37.9. The molecule has 1 atom stereocenters. The Morgan fingerprint density at radius 1 is 0.393 bits per heavy atom. The van der Waals surface area contributed by atoms with Crippen molar-refractivity contribution < 1.29 is 24.2 Å². The van der Waals surface area contributed by atoms with Crippen molar-refractivity contribution in [1.82, 2.24) is 0 Å². The van der Waals surface area contributed by atoms with Gasteiger partial charge in [0.05, 0.1) is 6.61 Å². The van der Waals surface area contributed by atoms with E-state index in [2.05, 4.69) is 26.0 Å². The van der Waals surface area contributed by atoms with Crippen LogP contribution in [0.4, 0.5) is 0 Å². The molecule has 0 rings (SSSR count). The maximum atomic E-state index is 12.2. The van der Waals surface area contributed by atoms with Gasteiger partial charge in [-0.1, -0.05) is 244 Å². The first-order valence-corrected chi connectivity index (χ1v) is 25.2. The van der Waals surface area contributed by atoms with E-state index in [0.717, 1.165) is 38.5 Å². The van der Waals surface area contributed by atoms with E-state index in [9.17, 15) is 14.7 Å². The molecule has 0 aliphatic heterocycles. The summed E-state index contributed by atoms with van der Waals surface area (Å²) in [4.78, 5) is 24.1. The first-order chi connectivity index (χ1) is 27.6. The molecule has 5 heteroatoms. The van der Waals surface area contributed by atoms with Crippen LogP contribution in [0.2, 0.25) is 0 Å². The Bertz CT molecular complexity index is 810. The molecule has 0 aromatic carbocycles. The van der Waals surface area contributed by atoms with Crippen LogP contribution in [0, 0.1) is 0 Å². The Kier molecular flexibility index (Phi) is 46.8. The highest BCUT2D eigenvalue weighted by atomic mass is 16.6. The highest BCUT2D eigenvalue weighted by Gasteiger charge is 2.16. The van der Waals surface area contributed by atoms with Gasteiger partial charge in [-0.05, 0) is 38.5 Å². The zero-order valence-corrected chi connectivity index (χ0v) is 37.9. The Morgan fingerprint density at radius 2 is 0.661 bits per heavy atom. The summed E-state index contributed by atoms with van der Waals surface area (Å²) in [6.07, 6.45) is 57.9. The lowest BCUT2D eigenvalue weighted by Gasteiger charge is -2.15. The predicted octanol–water partition coefficient (Wildman–Crippen LogP) is 16.4. The minimum Gasteiger partial charge on any atom is -0.462 e. The molecule has 0 radical (unpaired) electrons. The van der Waals surface area contributed by atoms with Gasteiger partial charge in [0.1, 0.15) is 6.61 Å². The molecule has 0 aromatic rings. The molecular weight excluding hydrogens is 693 g/mol. The van der Waals surface area contributed by atoms with Gasteiger partial charge >= 0.3 is 11.9 Å². The number of esters is 2. The van der Waals surface area contributed by atoms with E-state index in [1.165, 1.54) is 218 Å². The lowest BCUT2D eigenvalue weighted by molar-refractivity contribution is -0.161. The van der Waals surface area contributed by atoms with E-state index in [1.54, 1.807) is 0 Å². The molecule has 0 bridgehead atoms. The molecule has 0 aromatic heterocycles. The van der Waals surface area contributed by atoms with Crippen molar-refractivity contribution in [3.63, 3.8) is 0 Å². The summed E-state index contributed by atoms with van der Waals surface area (Å²) in [6.45, 7) is 4.12. The standard InChI is InChI=1S/C51H98O5/c1-3-5-7-9-11-12-13-14-15-16-17-18-19-20-21-22-23-24-25-26-27-28-29-30-31-32-33-34-35-36-37-38-40-42-44-46-51(54)56-49(47-52)48-55-50(53)45-43-41-39-10-8-6-4-2/h16-17,49,52H,3-15,18-48H2,1-2H3/b17-16-. The smallest absolute Gasteiger partial charge is 0.306 e. The number of rotatable bonds is 47. The number of allylic oxidation sites excluding steroid dienone is 2. The summed E-state index contributed by atoms with van der Waals surface area (Å²) < 4.78 is 10.6. The van der Waals surface area contributed by atoms with Crippen LogP contribution in [0.1, 0.15) is 284 Å². The van der Waals surface area contributed by atoms with Crippen LogP contribution in [-0.2, 0) is 19.1 Å². The predicted molar refractivity (Wildman–Crippen MR) is 242 cm³/mol. The van der Waals surface area contributed by atoms with Crippen LogP contribution in [-0.4, -0.2) is 36.4 Å². The van der Waals surface area contributed by atoms with Gasteiger partial charge in [-0.3, -0.25) is 9.59 Å². The summed E-state index contributed by atoms with van der Waals surface area (Å²) >= 11 is 0. The van der Waals surface area contributed by atoms with Gasteiger partial charge in [0, 0.05) is 12.8 Å². The number of aliphatic hydroxyl groups excluding tert-OH is 1. The molecule has 56 heavy (non-hydrogen) atoms. The SMILES string of the molecule is CCCCCCCCCC/C=C\CCCCCCCCCCCCCCCCCCCCCCCCCC(=O)OC(CO)COC(=O)CCCCCCCCC. The Balaban J connectivity index is 3.32. The number of carbonyl (C=O) groups excluding carboxylic acids is 2. The number of ether oxygens (including phenoxy) is 2. The van der Waals surface area contributed by atoms with E-state index < -0.39 is 6.10 Å². The van der Waals surface area contributed by atoms with Crippen LogP contribution < -0.4 is 0 Å². The third-order valence-corrected chi connectivity index (χ3v) is 11.6. The number of hydrogen-bond donors (Lipinski definition) is 1. The van der Waals surface area contributed by atoms with Crippen LogP contribution >= 0.6 is 0 Å².